The Morgan fingerprint density at radius 3 is 2.43 bits per heavy atom. The smallest absolute Gasteiger partial charge is 0.330 e. The normalized spacial score (nSPS) is 12.4. The molecule has 0 radical (unpaired) electrons. The van der Waals surface area contributed by atoms with E-state index in [2.05, 4.69) is 13.8 Å². The Hall–Kier alpha value is -1.19. The molecule has 1 unspecified atom stereocenters. The van der Waals surface area contributed by atoms with Gasteiger partial charge in [0.05, 0.1) is 23.8 Å². The Labute approximate surface area is 148 Å². The van der Waals surface area contributed by atoms with Crippen LogP contribution in [0.1, 0.15) is 45.1 Å². The van der Waals surface area contributed by atoms with Gasteiger partial charge in [0.25, 0.3) is 0 Å². The highest BCUT2D eigenvalue weighted by molar-refractivity contribution is 6.37. The summed E-state index contributed by atoms with van der Waals surface area (Å²) in [6, 6.07) is 3.30. The number of benzene rings is 1. The maximum atomic E-state index is 11.8. The quantitative estimate of drug-likeness (QED) is 0.414. The Bertz CT molecular complexity index is 518. The minimum Gasteiger partial charge on any atom is -0.497 e. The molecule has 1 atom stereocenters. The molecule has 0 spiro atoms. The van der Waals surface area contributed by atoms with Gasteiger partial charge in [0, 0.05) is 11.6 Å². The first-order valence-corrected chi connectivity index (χ1v) is 8.65. The maximum absolute atomic E-state index is 11.8. The average molecular weight is 359 g/mol. The van der Waals surface area contributed by atoms with Crippen LogP contribution in [0, 0.1) is 5.92 Å². The van der Waals surface area contributed by atoms with Gasteiger partial charge < -0.3 is 9.47 Å². The fourth-order valence-corrected chi connectivity index (χ4v) is 2.73. The molecule has 0 bridgehead atoms. The van der Waals surface area contributed by atoms with Crippen LogP contribution < -0.4 is 4.74 Å². The zero-order valence-corrected chi connectivity index (χ0v) is 15.4. The molecular weight excluding hydrogens is 335 g/mol. The summed E-state index contributed by atoms with van der Waals surface area (Å²) in [5, 5.41) is 0.848. The van der Waals surface area contributed by atoms with E-state index in [1.807, 2.05) is 0 Å². The standard InChI is InChI=1S/C18H24Cl2O3/c1-4-6-7-13(5-2)12-23-18(21)9-8-15-16(19)10-14(22-3)11-17(15)20/h8-11,13H,4-7,12H2,1-3H3/b9-8+. The van der Waals surface area contributed by atoms with E-state index in [-0.39, 0.29) is 5.97 Å². The molecule has 0 heterocycles. The molecule has 1 aromatic rings. The molecule has 0 aliphatic rings. The molecule has 0 amide bonds. The number of hydrogen-bond donors (Lipinski definition) is 0. The van der Waals surface area contributed by atoms with Crippen molar-refractivity contribution in [3.05, 3.63) is 33.8 Å². The van der Waals surface area contributed by atoms with Crippen molar-refractivity contribution < 1.29 is 14.3 Å². The Kier molecular flexibility index (Phi) is 9.12. The number of carbonyl (C=O) groups is 1. The third-order valence-corrected chi connectivity index (χ3v) is 4.30. The second-order valence-electron chi connectivity index (χ2n) is 5.38. The highest BCUT2D eigenvalue weighted by Crippen LogP contribution is 2.31. The zero-order valence-electron chi connectivity index (χ0n) is 13.9. The van der Waals surface area contributed by atoms with Crippen LogP contribution in [0.25, 0.3) is 6.08 Å². The van der Waals surface area contributed by atoms with Crippen molar-refractivity contribution in [2.24, 2.45) is 5.92 Å². The van der Waals surface area contributed by atoms with Crippen LogP contribution in [0.5, 0.6) is 5.75 Å². The first kappa shape index (κ1) is 19.9. The van der Waals surface area contributed by atoms with Crippen LogP contribution in [0.2, 0.25) is 10.0 Å². The second kappa shape index (κ2) is 10.6. The van der Waals surface area contributed by atoms with E-state index in [9.17, 15) is 4.79 Å². The van der Waals surface area contributed by atoms with Gasteiger partial charge in [0.2, 0.25) is 0 Å². The molecule has 0 N–H and O–H groups in total. The van der Waals surface area contributed by atoms with E-state index in [1.54, 1.807) is 18.2 Å². The molecule has 0 aliphatic carbocycles. The average Bonchev–Trinajstić information content (AvgIpc) is 2.54. The molecule has 5 heteroatoms. The SMILES string of the molecule is CCCCC(CC)COC(=O)/C=C/c1c(Cl)cc(OC)cc1Cl. The summed E-state index contributed by atoms with van der Waals surface area (Å²) in [6.45, 7) is 4.72. The van der Waals surface area contributed by atoms with Crippen molar-refractivity contribution in [1.29, 1.82) is 0 Å². The number of rotatable bonds is 9. The summed E-state index contributed by atoms with van der Waals surface area (Å²) >= 11 is 12.3. The van der Waals surface area contributed by atoms with Gasteiger partial charge in [-0.3, -0.25) is 0 Å². The van der Waals surface area contributed by atoms with Crippen molar-refractivity contribution in [3.8, 4) is 5.75 Å². The van der Waals surface area contributed by atoms with Crippen LogP contribution in [0.4, 0.5) is 0 Å². The van der Waals surface area contributed by atoms with Crippen molar-refractivity contribution >= 4 is 35.2 Å². The summed E-state index contributed by atoms with van der Waals surface area (Å²) in [5.74, 6) is 0.602. The molecule has 23 heavy (non-hydrogen) atoms. The van der Waals surface area contributed by atoms with E-state index >= 15 is 0 Å². The van der Waals surface area contributed by atoms with Crippen molar-refractivity contribution in [2.75, 3.05) is 13.7 Å². The van der Waals surface area contributed by atoms with Crippen LogP contribution in [0.15, 0.2) is 18.2 Å². The van der Waals surface area contributed by atoms with E-state index in [4.69, 9.17) is 32.7 Å². The van der Waals surface area contributed by atoms with Crippen LogP contribution in [-0.4, -0.2) is 19.7 Å². The highest BCUT2D eigenvalue weighted by Gasteiger charge is 2.10. The molecular formula is C18H24Cl2O3. The van der Waals surface area contributed by atoms with Gasteiger partial charge in [-0.25, -0.2) is 4.79 Å². The molecule has 0 fully saturated rings. The maximum Gasteiger partial charge on any atom is 0.330 e. The van der Waals surface area contributed by atoms with Gasteiger partial charge in [0.1, 0.15) is 5.75 Å². The Balaban J connectivity index is 2.62. The van der Waals surface area contributed by atoms with Crippen LogP contribution in [0.3, 0.4) is 0 Å². The lowest BCUT2D eigenvalue weighted by Crippen LogP contribution is -2.12. The number of hydrogen-bond acceptors (Lipinski definition) is 3. The van der Waals surface area contributed by atoms with Crippen molar-refractivity contribution in [3.63, 3.8) is 0 Å². The third-order valence-electron chi connectivity index (χ3n) is 3.68. The highest BCUT2D eigenvalue weighted by atomic mass is 35.5. The summed E-state index contributed by atoms with van der Waals surface area (Å²) in [4.78, 5) is 11.8. The van der Waals surface area contributed by atoms with E-state index in [0.717, 1.165) is 25.7 Å². The largest absolute Gasteiger partial charge is 0.497 e. The summed E-state index contributed by atoms with van der Waals surface area (Å²) in [5.41, 5.74) is 0.573. The molecule has 128 valence electrons. The van der Waals surface area contributed by atoms with E-state index < -0.39 is 0 Å². The number of halogens is 2. The minimum atomic E-state index is -0.386. The van der Waals surface area contributed by atoms with Crippen LogP contribution in [-0.2, 0) is 9.53 Å². The molecule has 0 aliphatic heterocycles. The third kappa shape index (κ3) is 6.84. The fraction of sp³-hybridized carbons (Fsp3) is 0.500. The van der Waals surface area contributed by atoms with E-state index in [0.29, 0.717) is 33.9 Å². The summed E-state index contributed by atoms with van der Waals surface area (Å²) < 4.78 is 10.4. The van der Waals surface area contributed by atoms with Gasteiger partial charge >= 0.3 is 5.97 Å². The number of methoxy groups -OCH3 is 1. The van der Waals surface area contributed by atoms with Crippen LogP contribution >= 0.6 is 23.2 Å². The lowest BCUT2D eigenvalue weighted by molar-refractivity contribution is -0.139. The second-order valence-corrected chi connectivity index (χ2v) is 6.20. The Morgan fingerprint density at radius 2 is 1.91 bits per heavy atom. The molecule has 0 saturated heterocycles. The zero-order chi connectivity index (χ0) is 17.2. The number of carbonyl (C=O) groups excluding carboxylic acids is 1. The lowest BCUT2D eigenvalue weighted by atomic mass is 10.0. The van der Waals surface area contributed by atoms with Crippen molar-refractivity contribution in [2.45, 2.75) is 39.5 Å². The predicted molar refractivity (Wildman–Crippen MR) is 96.3 cm³/mol. The molecule has 0 aromatic heterocycles. The first-order valence-electron chi connectivity index (χ1n) is 7.89. The van der Waals surface area contributed by atoms with Gasteiger partial charge in [-0.05, 0) is 30.5 Å². The monoisotopic (exact) mass is 358 g/mol. The van der Waals surface area contributed by atoms with Gasteiger partial charge in [-0.2, -0.15) is 0 Å². The minimum absolute atomic E-state index is 0.386. The van der Waals surface area contributed by atoms with Crippen molar-refractivity contribution in [1.82, 2.24) is 0 Å². The molecule has 3 nitrogen and oxygen atoms in total. The number of unbranched alkanes of at least 4 members (excludes halogenated alkanes) is 1. The molecule has 0 saturated carbocycles. The summed E-state index contributed by atoms with van der Waals surface area (Å²) in [7, 11) is 1.54. The van der Waals surface area contributed by atoms with Gasteiger partial charge in [-0.1, -0.05) is 56.3 Å². The number of esters is 1. The Morgan fingerprint density at radius 1 is 1.26 bits per heavy atom. The topological polar surface area (TPSA) is 35.5 Å². The number of ether oxygens (including phenoxy) is 2. The van der Waals surface area contributed by atoms with Gasteiger partial charge in [0.15, 0.2) is 0 Å². The molecule has 1 rings (SSSR count). The van der Waals surface area contributed by atoms with E-state index in [1.165, 1.54) is 13.2 Å². The fourth-order valence-electron chi connectivity index (χ4n) is 2.14. The summed E-state index contributed by atoms with van der Waals surface area (Å²) in [6.07, 6.45) is 7.32. The van der Waals surface area contributed by atoms with Gasteiger partial charge in [-0.15, -0.1) is 0 Å². The lowest BCUT2D eigenvalue weighted by Gasteiger charge is -2.13. The molecule has 1 aromatic carbocycles. The predicted octanol–water partition coefficient (Wildman–Crippen LogP) is 5.77. The first-order chi connectivity index (χ1) is 11.0.